The molecule has 0 fully saturated rings. The lowest BCUT2D eigenvalue weighted by molar-refractivity contribution is 0.946. The second-order valence-electron chi connectivity index (χ2n) is 15.1. The van der Waals surface area contributed by atoms with E-state index in [0.717, 1.165) is 31.5 Å². The summed E-state index contributed by atoms with van der Waals surface area (Å²) < 4.78 is 2.38. The van der Waals surface area contributed by atoms with Gasteiger partial charge >= 0.3 is 0 Å². The van der Waals surface area contributed by atoms with Crippen molar-refractivity contribution in [2.75, 3.05) is 0 Å². The van der Waals surface area contributed by atoms with Gasteiger partial charge in [0.05, 0.1) is 11.0 Å². The Hall–Kier alpha value is -5.67. The van der Waals surface area contributed by atoms with Gasteiger partial charge in [-0.3, -0.25) is 4.57 Å². The normalized spacial score (nSPS) is 13.8. The minimum Gasteiger partial charge on any atom is -0.358 e. The predicted molar refractivity (Wildman–Crippen MR) is 215 cm³/mol. The monoisotopic (exact) mass is 659 g/mol. The number of aromatic amines is 1. The van der Waals surface area contributed by atoms with E-state index in [0.29, 0.717) is 0 Å². The molecule has 248 valence electrons. The molecule has 3 heteroatoms. The third-order valence-electron chi connectivity index (χ3n) is 11.9. The Kier molecular flexibility index (Phi) is 6.61. The Morgan fingerprint density at radius 1 is 0.549 bits per heavy atom. The fourth-order valence-electron chi connectivity index (χ4n) is 8.68. The van der Waals surface area contributed by atoms with Crippen molar-refractivity contribution in [2.45, 2.75) is 60.3 Å². The molecule has 8 aromatic rings. The van der Waals surface area contributed by atoms with Crippen LogP contribution >= 0.6 is 0 Å². The van der Waals surface area contributed by atoms with Crippen LogP contribution in [0.3, 0.4) is 0 Å². The predicted octanol–water partition coefficient (Wildman–Crippen LogP) is 12.1. The van der Waals surface area contributed by atoms with Gasteiger partial charge in [0.1, 0.15) is 5.82 Å². The van der Waals surface area contributed by atoms with Gasteiger partial charge in [0.2, 0.25) is 0 Å². The summed E-state index contributed by atoms with van der Waals surface area (Å²) in [5, 5.41) is 3.92. The number of fused-ring (bicyclic) bond motifs is 9. The van der Waals surface area contributed by atoms with Crippen LogP contribution in [-0.4, -0.2) is 14.5 Å². The fraction of sp³-hybridized carbons (Fsp3) is 0.188. The van der Waals surface area contributed by atoms with Gasteiger partial charge in [-0.2, -0.15) is 0 Å². The van der Waals surface area contributed by atoms with Crippen molar-refractivity contribution in [3.8, 4) is 28.1 Å². The number of H-pyrrole nitrogens is 1. The van der Waals surface area contributed by atoms with Crippen LogP contribution in [0, 0.1) is 34.6 Å². The molecule has 0 aliphatic heterocycles. The highest BCUT2D eigenvalue weighted by Crippen LogP contribution is 2.44. The summed E-state index contributed by atoms with van der Waals surface area (Å²) in [6.45, 7) is 10.9. The summed E-state index contributed by atoms with van der Waals surface area (Å²) >= 11 is 0. The van der Waals surface area contributed by atoms with Crippen LogP contribution in [0.15, 0.2) is 97.2 Å². The number of nitrogens with one attached hydrogen (secondary N) is 1. The molecule has 0 atom stereocenters. The molecule has 1 N–H and O–H groups in total. The zero-order chi connectivity index (χ0) is 34.5. The van der Waals surface area contributed by atoms with Gasteiger partial charge in [-0.25, -0.2) is 4.98 Å². The van der Waals surface area contributed by atoms with E-state index in [1.807, 2.05) is 6.20 Å². The molecule has 2 aliphatic rings. The number of hydrogen-bond acceptors (Lipinski definition) is 1. The highest BCUT2D eigenvalue weighted by Gasteiger charge is 2.24. The average molecular weight is 660 g/mol. The number of rotatable bonds is 3. The SMILES string of the molecule is Cc1ccnc(-n2c3ccc(-c4ccc(C)c(C)c4)cc3c3cc4c(cc32)-c2cc3[nH]c5c(c3cc2CC4)C=C(c2ccc(C)c(C)c2)CC5)c1. The quantitative estimate of drug-likeness (QED) is 0.201. The molecule has 3 aromatic heterocycles. The molecule has 3 heterocycles. The summed E-state index contributed by atoms with van der Waals surface area (Å²) in [6, 6.07) is 34.8. The maximum atomic E-state index is 4.91. The van der Waals surface area contributed by atoms with E-state index in [1.165, 1.54) is 116 Å². The van der Waals surface area contributed by atoms with Crippen LogP contribution in [0.1, 0.15) is 62.2 Å². The van der Waals surface area contributed by atoms with Gasteiger partial charge < -0.3 is 4.98 Å². The van der Waals surface area contributed by atoms with E-state index in [4.69, 9.17) is 4.98 Å². The number of benzene rings is 5. The first-order valence-corrected chi connectivity index (χ1v) is 18.4. The molecule has 0 radical (unpaired) electrons. The zero-order valence-corrected chi connectivity index (χ0v) is 30.0. The Morgan fingerprint density at radius 2 is 1.22 bits per heavy atom. The molecule has 0 amide bonds. The van der Waals surface area contributed by atoms with Crippen molar-refractivity contribution in [3.63, 3.8) is 0 Å². The van der Waals surface area contributed by atoms with E-state index < -0.39 is 0 Å². The van der Waals surface area contributed by atoms with Gasteiger partial charge in [-0.15, -0.1) is 0 Å². The van der Waals surface area contributed by atoms with E-state index in [9.17, 15) is 0 Å². The topological polar surface area (TPSA) is 33.6 Å². The first kappa shape index (κ1) is 30.2. The van der Waals surface area contributed by atoms with Crippen molar-refractivity contribution in [3.05, 3.63) is 153 Å². The lowest BCUT2D eigenvalue weighted by atomic mass is 9.83. The standard InChI is InChI=1S/C48H41N3/c1-27-16-17-49-48(18-27)51-46-15-13-35(33-9-7-29(3)31(5)20-33)22-42(46)43-24-37-11-10-36-23-41-40-21-34(32-8-6-28(2)30(4)19-32)12-14-44(40)50-45(41)25-38(36)39(37)26-47(43)51/h6-9,13,15-26,50H,10-12,14H2,1-5H3. The average Bonchev–Trinajstić information content (AvgIpc) is 3.65. The Morgan fingerprint density at radius 3 is 1.98 bits per heavy atom. The molecule has 0 saturated carbocycles. The molecule has 0 saturated heterocycles. The van der Waals surface area contributed by atoms with Gasteiger partial charge in [-0.1, -0.05) is 42.5 Å². The molecule has 3 nitrogen and oxygen atoms in total. The lowest BCUT2D eigenvalue weighted by Gasteiger charge is -2.21. The molecular weight excluding hydrogens is 619 g/mol. The van der Waals surface area contributed by atoms with Crippen molar-refractivity contribution in [2.24, 2.45) is 0 Å². The highest BCUT2D eigenvalue weighted by molar-refractivity contribution is 6.12. The Bertz CT molecular complexity index is 2800. The summed E-state index contributed by atoms with van der Waals surface area (Å²) in [5.41, 5.74) is 23.8. The van der Waals surface area contributed by atoms with Gasteiger partial charge in [0, 0.05) is 39.1 Å². The lowest BCUT2D eigenvalue weighted by Crippen LogP contribution is -2.05. The van der Waals surface area contributed by atoms with Gasteiger partial charge in [0.25, 0.3) is 0 Å². The Labute approximate surface area is 299 Å². The molecule has 0 unspecified atom stereocenters. The summed E-state index contributed by atoms with van der Waals surface area (Å²) in [7, 11) is 0. The number of allylic oxidation sites excluding steroid dienone is 1. The molecular formula is C48H41N3. The summed E-state index contributed by atoms with van der Waals surface area (Å²) in [6.07, 6.45) is 8.57. The summed E-state index contributed by atoms with van der Waals surface area (Å²) in [5.74, 6) is 0.962. The number of aryl methyl sites for hydroxylation is 8. The second-order valence-corrected chi connectivity index (χ2v) is 15.1. The van der Waals surface area contributed by atoms with Crippen molar-refractivity contribution >= 4 is 44.4 Å². The van der Waals surface area contributed by atoms with E-state index in [-0.39, 0.29) is 0 Å². The molecule has 0 bridgehead atoms. The minimum absolute atomic E-state index is 0.962. The van der Waals surface area contributed by atoms with Gasteiger partial charge in [0.15, 0.2) is 0 Å². The third-order valence-corrected chi connectivity index (χ3v) is 11.9. The fourth-order valence-corrected chi connectivity index (χ4v) is 8.68. The first-order chi connectivity index (χ1) is 24.8. The smallest absolute Gasteiger partial charge is 0.137 e. The van der Waals surface area contributed by atoms with Crippen molar-refractivity contribution < 1.29 is 0 Å². The van der Waals surface area contributed by atoms with Crippen molar-refractivity contribution in [1.29, 1.82) is 0 Å². The number of nitrogens with zero attached hydrogens (tertiary/aromatic N) is 2. The Balaban J connectivity index is 1.15. The summed E-state index contributed by atoms with van der Waals surface area (Å²) in [4.78, 5) is 8.77. The number of aromatic nitrogens is 3. The van der Waals surface area contributed by atoms with E-state index >= 15 is 0 Å². The minimum atomic E-state index is 0.962. The highest BCUT2D eigenvalue weighted by atomic mass is 15.1. The van der Waals surface area contributed by atoms with Crippen LogP contribution in [0.2, 0.25) is 0 Å². The second kappa shape index (κ2) is 11.2. The van der Waals surface area contributed by atoms with E-state index in [1.54, 1.807) is 0 Å². The van der Waals surface area contributed by atoms with Crippen LogP contribution < -0.4 is 0 Å². The molecule has 10 rings (SSSR count). The largest absolute Gasteiger partial charge is 0.358 e. The van der Waals surface area contributed by atoms with Crippen LogP contribution in [0.5, 0.6) is 0 Å². The molecule has 2 aliphatic carbocycles. The van der Waals surface area contributed by atoms with Crippen LogP contribution in [0.4, 0.5) is 0 Å². The maximum Gasteiger partial charge on any atom is 0.137 e. The third kappa shape index (κ3) is 4.75. The molecule has 0 spiro atoms. The molecule has 5 aromatic carbocycles. The van der Waals surface area contributed by atoms with E-state index in [2.05, 4.69) is 141 Å². The first-order valence-electron chi connectivity index (χ1n) is 18.4. The zero-order valence-electron chi connectivity index (χ0n) is 30.0. The van der Waals surface area contributed by atoms with Crippen LogP contribution in [-0.2, 0) is 19.3 Å². The number of pyridine rings is 1. The van der Waals surface area contributed by atoms with Crippen molar-refractivity contribution in [1.82, 2.24) is 14.5 Å². The number of hydrogen-bond donors (Lipinski definition) is 1. The van der Waals surface area contributed by atoms with Gasteiger partial charge in [-0.05, 0) is 187 Å². The maximum absolute atomic E-state index is 4.91. The molecule has 51 heavy (non-hydrogen) atoms. The van der Waals surface area contributed by atoms with Crippen LogP contribution in [0.25, 0.3) is 72.4 Å².